The minimum Gasteiger partial charge on any atom is -0.545 e. The molecular weight excluding hydrogens is 231 g/mol. The molecule has 0 spiro atoms. The molecule has 0 aliphatic heterocycles. The van der Waals surface area contributed by atoms with Crippen molar-refractivity contribution in [1.29, 1.82) is 0 Å². The molecule has 0 aromatic carbocycles. The topological polar surface area (TPSA) is 74.3 Å². The monoisotopic (exact) mass is 244 g/mol. The van der Waals surface area contributed by atoms with Crippen molar-refractivity contribution in [3.63, 3.8) is 0 Å². The second-order valence-electron chi connectivity index (χ2n) is 4.67. The van der Waals surface area contributed by atoms with Crippen molar-refractivity contribution in [1.82, 2.24) is 0 Å². The van der Waals surface area contributed by atoms with Crippen LogP contribution in [0.2, 0.25) is 0 Å². The standard InChI is InChI=1S/C12H14O4.Na/c1-12-6-5-8(13)10(11(15)16)7(12)3-2-4-9(12)14;/h2-6H2,1H3,(H,15,16);/q;+1/p-1/t12-;/m0./s1. The van der Waals surface area contributed by atoms with Crippen molar-refractivity contribution in [2.75, 3.05) is 0 Å². The van der Waals surface area contributed by atoms with E-state index in [2.05, 4.69) is 0 Å². The predicted molar refractivity (Wildman–Crippen MR) is 53.2 cm³/mol. The van der Waals surface area contributed by atoms with E-state index in [0.717, 1.165) is 0 Å². The zero-order chi connectivity index (χ0) is 11.9. The minimum atomic E-state index is -1.43. The Morgan fingerprint density at radius 1 is 1.24 bits per heavy atom. The molecule has 2 aliphatic rings. The molecule has 0 bridgehead atoms. The number of aliphatic carboxylic acids is 1. The molecule has 0 aromatic heterocycles. The number of carboxylic acids is 1. The molecule has 2 aliphatic carbocycles. The van der Waals surface area contributed by atoms with Gasteiger partial charge in [0.1, 0.15) is 5.78 Å². The van der Waals surface area contributed by atoms with E-state index in [1.807, 2.05) is 0 Å². The van der Waals surface area contributed by atoms with Gasteiger partial charge in [0, 0.05) is 23.8 Å². The predicted octanol–water partition coefficient (Wildman–Crippen LogP) is -2.84. The first kappa shape index (κ1) is 14.6. The first-order valence-electron chi connectivity index (χ1n) is 5.48. The van der Waals surface area contributed by atoms with Gasteiger partial charge in [0.2, 0.25) is 0 Å². The second kappa shape index (κ2) is 5.04. The number of Topliss-reactive ketones (excluding diaryl/α,β-unsaturated/α-hetero) is 2. The average molecular weight is 244 g/mol. The normalized spacial score (nSPS) is 28.5. The largest absolute Gasteiger partial charge is 1.00 e. The Morgan fingerprint density at radius 3 is 2.47 bits per heavy atom. The van der Waals surface area contributed by atoms with Crippen molar-refractivity contribution in [2.24, 2.45) is 5.41 Å². The molecule has 4 nitrogen and oxygen atoms in total. The van der Waals surface area contributed by atoms with Gasteiger partial charge in [0.15, 0.2) is 5.78 Å². The smallest absolute Gasteiger partial charge is 0.545 e. The van der Waals surface area contributed by atoms with E-state index >= 15 is 0 Å². The number of hydrogen-bond donors (Lipinski definition) is 0. The summed E-state index contributed by atoms with van der Waals surface area (Å²) in [5, 5.41) is 11.0. The van der Waals surface area contributed by atoms with Gasteiger partial charge in [-0.15, -0.1) is 0 Å². The van der Waals surface area contributed by atoms with Crippen molar-refractivity contribution < 1.29 is 49.0 Å². The van der Waals surface area contributed by atoms with Gasteiger partial charge in [0.25, 0.3) is 0 Å². The average Bonchev–Trinajstić information content (AvgIpc) is 2.21. The van der Waals surface area contributed by atoms with Gasteiger partial charge in [-0.3, -0.25) is 9.59 Å². The molecule has 17 heavy (non-hydrogen) atoms. The molecule has 0 saturated heterocycles. The molecule has 0 heterocycles. The second-order valence-corrected chi connectivity index (χ2v) is 4.67. The first-order valence-corrected chi connectivity index (χ1v) is 5.48. The number of ketones is 2. The number of allylic oxidation sites excluding steroid dienone is 1. The third-order valence-electron chi connectivity index (χ3n) is 3.75. The van der Waals surface area contributed by atoms with E-state index in [9.17, 15) is 19.5 Å². The Hall–Kier alpha value is -0.450. The van der Waals surface area contributed by atoms with E-state index in [0.29, 0.717) is 31.3 Å². The van der Waals surface area contributed by atoms with Crippen molar-refractivity contribution >= 4 is 17.5 Å². The Kier molecular flexibility index (Phi) is 4.33. The minimum absolute atomic E-state index is 0. The van der Waals surface area contributed by atoms with E-state index in [1.165, 1.54) is 0 Å². The van der Waals surface area contributed by atoms with E-state index in [-0.39, 0.29) is 53.1 Å². The van der Waals surface area contributed by atoms with Gasteiger partial charge in [-0.05, 0) is 31.8 Å². The van der Waals surface area contributed by atoms with Crippen LogP contribution in [0.4, 0.5) is 0 Å². The van der Waals surface area contributed by atoms with Crippen LogP contribution in [0.3, 0.4) is 0 Å². The van der Waals surface area contributed by atoms with E-state index < -0.39 is 11.4 Å². The summed E-state index contributed by atoms with van der Waals surface area (Å²) in [4.78, 5) is 34.4. The molecular formula is C12H13NaO4. The van der Waals surface area contributed by atoms with Crippen LogP contribution in [0.25, 0.3) is 0 Å². The maximum absolute atomic E-state index is 11.9. The van der Waals surface area contributed by atoms with E-state index in [4.69, 9.17) is 0 Å². The zero-order valence-electron chi connectivity index (χ0n) is 10.2. The van der Waals surface area contributed by atoms with Crippen molar-refractivity contribution in [3.8, 4) is 0 Å². The van der Waals surface area contributed by atoms with Crippen LogP contribution in [-0.2, 0) is 14.4 Å². The zero-order valence-corrected chi connectivity index (χ0v) is 12.2. The van der Waals surface area contributed by atoms with Crippen LogP contribution in [0.5, 0.6) is 0 Å². The van der Waals surface area contributed by atoms with Crippen LogP contribution in [0.15, 0.2) is 11.1 Å². The fourth-order valence-corrected chi connectivity index (χ4v) is 2.73. The molecule has 0 aromatic rings. The number of fused-ring (bicyclic) bond motifs is 1. The molecule has 1 saturated carbocycles. The molecule has 5 heteroatoms. The maximum Gasteiger partial charge on any atom is 1.00 e. The molecule has 0 amide bonds. The Morgan fingerprint density at radius 2 is 1.88 bits per heavy atom. The summed E-state index contributed by atoms with van der Waals surface area (Å²) < 4.78 is 0. The summed E-state index contributed by atoms with van der Waals surface area (Å²) in [6.45, 7) is 1.75. The van der Waals surface area contributed by atoms with Gasteiger partial charge in [-0.1, -0.05) is 0 Å². The number of hydrogen-bond acceptors (Lipinski definition) is 4. The van der Waals surface area contributed by atoms with Gasteiger partial charge in [-0.2, -0.15) is 0 Å². The van der Waals surface area contributed by atoms with Gasteiger partial charge < -0.3 is 9.90 Å². The van der Waals surface area contributed by atoms with E-state index in [1.54, 1.807) is 6.92 Å². The molecule has 2 rings (SSSR count). The SMILES string of the molecule is C[C@]12CCC(=O)C(C(=O)[O-])=C1CCCC2=O.[Na+]. The summed E-state index contributed by atoms with van der Waals surface area (Å²) in [7, 11) is 0. The number of carbonyl (C=O) groups excluding carboxylic acids is 3. The van der Waals surface area contributed by atoms with Crippen molar-refractivity contribution in [3.05, 3.63) is 11.1 Å². The Balaban J connectivity index is 0.00000144. The fourth-order valence-electron chi connectivity index (χ4n) is 2.73. The summed E-state index contributed by atoms with van der Waals surface area (Å²) in [5.41, 5.74) is -0.469. The van der Waals surface area contributed by atoms with Crippen LogP contribution in [0.1, 0.15) is 39.0 Å². The quantitative estimate of drug-likeness (QED) is 0.368. The Labute approximate surface area is 122 Å². The molecule has 0 radical (unpaired) electrons. The molecule has 86 valence electrons. The summed E-state index contributed by atoms with van der Waals surface area (Å²) in [6, 6.07) is 0. The molecule has 0 N–H and O–H groups in total. The van der Waals surface area contributed by atoms with Gasteiger partial charge in [-0.25, -0.2) is 0 Å². The molecule has 1 atom stereocenters. The van der Waals surface area contributed by atoms with Crippen LogP contribution >= 0.6 is 0 Å². The number of rotatable bonds is 1. The van der Waals surface area contributed by atoms with Gasteiger partial charge >= 0.3 is 29.6 Å². The summed E-state index contributed by atoms with van der Waals surface area (Å²) >= 11 is 0. The van der Waals surface area contributed by atoms with Gasteiger partial charge in [0.05, 0.1) is 5.97 Å². The maximum atomic E-state index is 11.9. The number of carboxylic acid groups (broad SMARTS) is 1. The van der Waals surface area contributed by atoms with Crippen LogP contribution < -0.4 is 34.7 Å². The first-order chi connectivity index (χ1) is 7.47. The summed E-state index contributed by atoms with van der Waals surface area (Å²) in [5.74, 6) is -1.76. The molecule has 1 fully saturated rings. The molecule has 0 unspecified atom stereocenters. The van der Waals surface area contributed by atoms with Crippen molar-refractivity contribution in [2.45, 2.75) is 39.0 Å². The Bertz CT molecular complexity index is 424. The third-order valence-corrected chi connectivity index (χ3v) is 3.75. The number of carbonyl (C=O) groups is 3. The van der Waals surface area contributed by atoms with Crippen LogP contribution in [-0.4, -0.2) is 17.5 Å². The fraction of sp³-hybridized carbons (Fsp3) is 0.583. The van der Waals surface area contributed by atoms with Crippen LogP contribution in [0, 0.1) is 5.41 Å². The third kappa shape index (κ3) is 2.26. The summed E-state index contributed by atoms with van der Waals surface area (Å²) in [6.07, 6.45) is 2.21.